The van der Waals surface area contributed by atoms with Crippen LogP contribution in [-0.2, 0) is 0 Å². The fourth-order valence-electron chi connectivity index (χ4n) is 2.99. The lowest BCUT2D eigenvalue weighted by Gasteiger charge is -2.39. The summed E-state index contributed by atoms with van der Waals surface area (Å²) in [4.78, 5) is 2.53. The van der Waals surface area contributed by atoms with E-state index in [1.807, 2.05) is 0 Å². The highest BCUT2D eigenvalue weighted by Gasteiger charge is 2.26. The number of rotatable bonds is 2. The summed E-state index contributed by atoms with van der Waals surface area (Å²) in [7, 11) is 0. The van der Waals surface area contributed by atoms with Crippen LogP contribution in [0.3, 0.4) is 0 Å². The van der Waals surface area contributed by atoms with Gasteiger partial charge in [0.1, 0.15) is 0 Å². The molecule has 0 saturated carbocycles. The van der Waals surface area contributed by atoms with Crippen molar-refractivity contribution in [3.05, 3.63) is 34.9 Å². The third-order valence-corrected chi connectivity index (χ3v) is 4.28. The van der Waals surface area contributed by atoms with E-state index in [1.54, 1.807) is 0 Å². The molecular formula is C16H26N2. The van der Waals surface area contributed by atoms with Gasteiger partial charge in [0.15, 0.2) is 0 Å². The van der Waals surface area contributed by atoms with Gasteiger partial charge in [-0.25, -0.2) is 0 Å². The normalized spacial score (nSPS) is 27.2. The van der Waals surface area contributed by atoms with Gasteiger partial charge in [-0.2, -0.15) is 0 Å². The molecule has 1 saturated heterocycles. The zero-order chi connectivity index (χ0) is 13.3. The maximum Gasteiger partial charge on any atom is 0.0320 e. The molecule has 1 aliphatic heterocycles. The fourth-order valence-corrected chi connectivity index (χ4v) is 2.99. The van der Waals surface area contributed by atoms with Crippen LogP contribution in [0.2, 0.25) is 0 Å². The summed E-state index contributed by atoms with van der Waals surface area (Å²) in [6, 6.07) is 7.62. The summed E-state index contributed by atoms with van der Waals surface area (Å²) in [6.07, 6.45) is 1.16. The van der Waals surface area contributed by atoms with Crippen molar-refractivity contribution in [3.8, 4) is 0 Å². The van der Waals surface area contributed by atoms with Crippen LogP contribution in [0.15, 0.2) is 18.2 Å². The van der Waals surface area contributed by atoms with Gasteiger partial charge in [0, 0.05) is 25.2 Å². The molecule has 3 unspecified atom stereocenters. The van der Waals surface area contributed by atoms with Crippen LogP contribution >= 0.6 is 0 Å². The molecular weight excluding hydrogens is 220 g/mol. The molecule has 1 aromatic rings. The average Bonchev–Trinajstić information content (AvgIpc) is 2.30. The monoisotopic (exact) mass is 246 g/mol. The molecule has 3 atom stereocenters. The number of nitrogens with zero attached hydrogens (tertiary/aromatic N) is 1. The van der Waals surface area contributed by atoms with E-state index in [2.05, 4.69) is 50.8 Å². The molecule has 100 valence electrons. The Labute approximate surface area is 111 Å². The Morgan fingerprint density at radius 2 is 1.94 bits per heavy atom. The molecule has 1 aromatic carbocycles. The van der Waals surface area contributed by atoms with E-state index in [1.165, 1.54) is 23.2 Å². The first-order chi connectivity index (χ1) is 8.47. The highest BCUT2D eigenvalue weighted by atomic mass is 15.2. The lowest BCUT2D eigenvalue weighted by Crippen LogP contribution is -2.47. The van der Waals surface area contributed by atoms with Gasteiger partial charge in [0.05, 0.1) is 0 Å². The first-order valence-electron chi connectivity index (χ1n) is 7.04. The first kappa shape index (κ1) is 13.6. The third kappa shape index (κ3) is 2.93. The van der Waals surface area contributed by atoms with Gasteiger partial charge in [-0.1, -0.05) is 25.1 Å². The second-order valence-corrected chi connectivity index (χ2v) is 6.07. The minimum Gasteiger partial charge on any atom is -0.327 e. The molecule has 1 fully saturated rings. The maximum absolute atomic E-state index is 6.14. The molecule has 0 bridgehead atoms. The van der Waals surface area contributed by atoms with Crippen LogP contribution in [-0.4, -0.2) is 24.0 Å². The van der Waals surface area contributed by atoms with E-state index >= 15 is 0 Å². The Bertz CT molecular complexity index is 404. The van der Waals surface area contributed by atoms with Gasteiger partial charge >= 0.3 is 0 Å². The zero-order valence-corrected chi connectivity index (χ0v) is 12.1. The second-order valence-electron chi connectivity index (χ2n) is 6.07. The van der Waals surface area contributed by atoms with E-state index in [9.17, 15) is 0 Å². The average molecular weight is 246 g/mol. The van der Waals surface area contributed by atoms with Crippen molar-refractivity contribution < 1.29 is 0 Å². The van der Waals surface area contributed by atoms with E-state index < -0.39 is 0 Å². The zero-order valence-electron chi connectivity index (χ0n) is 12.1. The molecule has 1 aliphatic rings. The molecule has 2 rings (SSSR count). The largest absolute Gasteiger partial charge is 0.327 e. The molecule has 18 heavy (non-hydrogen) atoms. The highest BCUT2D eigenvalue weighted by molar-refractivity contribution is 5.31. The molecule has 1 heterocycles. The van der Waals surface area contributed by atoms with Crippen molar-refractivity contribution in [2.45, 2.75) is 46.2 Å². The Morgan fingerprint density at radius 3 is 2.56 bits per heavy atom. The van der Waals surface area contributed by atoms with E-state index in [0.717, 1.165) is 13.0 Å². The van der Waals surface area contributed by atoms with Crippen molar-refractivity contribution >= 4 is 0 Å². The predicted octanol–water partition coefficient (Wildman–Crippen LogP) is 3.03. The Hall–Kier alpha value is -0.860. The molecule has 2 nitrogen and oxygen atoms in total. The van der Waals surface area contributed by atoms with Crippen LogP contribution < -0.4 is 5.73 Å². The van der Waals surface area contributed by atoms with E-state index in [4.69, 9.17) is 5.73 Å². The highest BCUT2D eigenvalue weighted by Crippen LogP contribution is 2.27. The number of likely N-dealkylation sites (tertiary alicyclic amines) is 1. The second kappa shape index (κ2) is 5.41. The maximum atomic E-state index is 6.14. The van der Waals surface area contributed by atoms with Crippen LogP contribution in [0, 0.1) is 19.8 Å². The van der Waals surface area contributed by atoms with Crippen molar-refractivity contribution in [2.24, 2.45) is 11.7 Å². The quantitative estimate of drug-likeness (QED) is 0.869. The first-order valence-corrected chi connectivity index (χ1v) is 7.04. The molecule has 0 aliphatic carbocycles. The van der Waals surface area contributed by atoms with Gasteiger partial charge in [-0.15, -0.1) is 0 Å². The Kier molecular flexibility index (Phi) is 4.08. The van der Waals surface area contributed by atoms with Gasteiger partial charge < -0.3 is 5.73 Å². The molecule has 2 N–H and O–H groups in total. The smallest absolute Gasteiger partial charge is 0.0320 e. The van der Waals surface area contributed by atoms with Gasteiger partial charge in [-0.05, 0) is 49.8 Å². The standard InChI is InChI=1S/C16H26N2/c1-11-7-16(17)10-18(9-11)14(4)15-6-5-12(2)13(3)8-15/h5-6,8,11,14,16H,7,9-10,17H2,1-4H3. The summed E-state index contributed by atoms with van der Waals surface area (Å²) in [6.45, 7) is 11.2. The minimum absolute atomic E-state index is 0.336. The van der Waals surface area contributed by atoms with E-state index in [0.29, 0.717) is 18.0 Å². The molecule has 0 radical (unpaired) electrons. The topological polar surface area (TPSA) is 29.3 Å². The molecule has 0 spiro atoms. The van der Waals surface area contributed by atoms with Crippen molar-refractivity contribution in [3.63, 3.8) is 0 Å². The number of benzene rings is 1. The summed E-state index contributed by atoms with van der Waals surface area (Å²) in [5, 5.41) is 0. The number of aryl methyl sites for hydroxylation is 2. The van der Waals surface area contributed by atoms with Gasteiger partial charge in [0.25, 0.3) is 0 Å². The number of hydrogen-bond donors (Lipinski definition) is 1. The van der Waals surface area contributed by atoms with Gasteiger partial charge in [0.2, 0.25) is 0 Å². The fraction of sp³-hybridized carbons (Fsp3) is 0.625. The van der Waals surface area contributed by atoms with Crippen LogP contribution in [0.4, 0.5) is 0 Å². The van der Waals surface area contributed by atoms with Crippen LogP contribution in [0.5, 0.6) is 0 Å². The molecule has 0 amide bonds. The number of nitrogens with two attached hydrogens (primary N) is 1. The third-order valence-electron chi connectivity index (χ3n) is 4.28. The molecule has 0 aromatic heterocycles. The van der Waals surface area contributed by atoms with Crippen LogP contribution in [0.1, 0.15) is 43.0 Å². The minimum atomic E-state index is 0.336. The van der Waals surface area contributed by atoms with Crippen molar-refractivity contribution in [2.75, 3.05) is 13.1 Å². The SMILES string of the molecule is Cc1ccc(C(C)N2CC(C)CC(N)C2)cc1C. The predicted molar refractivity (Wildman–Crippen MR) is 77.7 cm³/mol. The Balaban J connectivity index is 2.14. The number of piperidine rings is 1. The molecule has 2 heteroatoms. The summed E-state index contributed by atoms with van der Waals surface area (Å²) >= 11 is 0. The van der Waals surface area contributed by atoms with Gasteiger partial charge in [-0.3, -0.25) is 4.90 Å². The van der Waals surface area contributed by atoms with Crippen molar-refractivity contribution in [1.82, 2.24) is 4.90 Å². The number of hydrogen-bond acceptors (Lipinski definition) is 2. The van der Waals surface area contributed by atoms with E-state index in [-0.39, 0.29) is 0 Å². The lowest BCUT2D eigenvalue weighted by molar-refractivity contribution is 0.124. The summed E-state index contributed by atoms with van der Waals surface area (Å²) in [5.41, 5.74) is 10.3. The summed E-state index contributed by atoms with van der Waals surface area (Å²) in [5.74, 6) is 0.711. The van der Waals surface area contributed by atoms with Crippen LogP contribution in [0.25, 0.3) is 0 Å². The van der Waals surface area contributed by atoms with Crippen molar-refractivity contribution in [1.29, 1.82) is 0 Å². The lowest BCUT2D eigenvalue weighted by atomic mass is 9.93. The summed E-state index contributed by atoms with van der Waals surface area (Å²) < 4.78 is 0. The Morgan fingerprint density at radius 1 is 1.22 bits per heavy atom.